The fourth-order valence-corrected chi connectivity index (χ4v) is 10.2. The van der Waals surface area contributed by atoms with Gasteiger partial charge in [0.25, 0.3) is 0 Å². The van der Waals surface area contributed by atoms with Gasteiger partial charge < -0.3 is 20.3 Å². The number of carbonyl (C=O) groups excluding carboxylic acids is 2. The lowest BCUT2D eigenvalue weighted by molar-refractivity contribution is -0.143. The van der Waals surface area contributed by atoms with E-state index in [1.807, 2.05) is 0 Å². The average molecular weight is 989 g/mol. The smallest absolute Gasteiger partial charge is 0.305 e. The van der Waals surface area contributed by atoms with Crippen LogP contribution in [0, 0.1) is 0 Å². The zero-order valence-corrected chi connectivity index (χ0v) is 47.5. The van der Waals surface area contributed by atoms with Gasteiger partial charge in [-0.05, 0) is 51.4 Å². The van der Waals surface area contributed by atoms with Crippen LogP contribution in [0.5, 0.6) is 0 Å². The lowest BCUT2D eigenvalue weighted by atomic mass is 10.0. The molecule has 2 unspecified atom stereocenters. The van der Waals surface area contributed by atoms with Gasteiger partial charge in [-0.2, -0.15) is 0 Å². The van der Waals surface area contributed by atoms with Crippen LogP contribution in [-0.4, -0.2) is 47.4 Å². The number of aliphatic hydroxyl groups excluding tert-OH is 2. The molecular formula is C64H125NO5. The lowest BCUT2D eigenvalue weighted by Crippen LogP contribution is -2.45. The minimum atomic E-state index is -0.659. The second kappa shape index (κ2) is 60.2. The summed E-state index contributed by atoms with van der Waals surface area (Å²) < 4.78 is 5.50. The van der Waals surface area contributed by atoms with Crippen molar-refractivity contribution in [3.63, 3.8) is 0 Å². The van der Waals surface area contributed by atoms with Gasteiger partial charge in [0.05, 0.1) is 25.4 Å². The fraction of sp³-hybridized carbons (Fsp3) is 0.938. The molecule has 1 amide bonds. The van der Waals surface area contributed by atoms with E-state index in [4.69, 9.17) is 4.74 Å². The third kappa shape index (κ3) is 55.9. The Balaban J connectivity index is 3.30. The van der Waals surface area contributed by atoms with Crippen LogP contribution in [0.1, 0.15) is 361 Å². The maximum Gasteiger partial charge on any atom is 0.305 e. The number of carbonyl (C=O) groups is 2. The Morgan fingerprint density at radius 1 is 0.386 bits per heavy atom. The van der Waals surface area contributed by atoms with Crippen LogP contribution in [0.2, 0.25) is 0 Å². The topological polar surface area (TPSA) is 95.9 Å². The van der Waals surface area contributed by atoms with Crippen molar-refractivity contribution >= 4 is 11.9 Å². The van der Waals surface area contributed by atoms with Crippen molar-refractivity contribution in [2.24, 2.45) is 0 Å². The highest BCUT2D eigenvalue weighted by Gasteiger charge is 2.20. The largest absolute Gasteiger partial charge is 0.466 e. The molecule has 0 saturated carbocycles. The van der Waals surface area contributed by atoms with Crippen LogP contribution < -0.4 is 5.32 Å². The molecule has 6 nitrogen and oxygen atoms in total. The molecule has 0 aromatic heterocycles. The highest BCUT2D eigenvalue weighted by molar-refractivity contribution is 5.76. The molecule has 0 heterocycles. The molecule has 0 aromatic rings. The predicted molar refractivity (Wildman–Crippen MR) is 306 cm³/mol. The standard InChI is InChI=1S/C64H125NO5/c1-3-5-7-9-11-13-14-15-16-28-32-35-38-42-46-50-54-58-64(69)70-59-55-51-47-43-39-36-33-30-27-25-23-21-19-17-18-20-22-24-26-29-31-34-37-41-45-49-53-57-63(68)65-61(60-66)62(67)56-52-48-44-40-12-10-8-6-4-2/h15-16,61-62,66-67H,3-14,17-60H2,1-2H3,(H,65,68)/b16-15-. The number of ether oxygens (including phenoxy) is 1. The van der Waals surface area contributed by atoms with Gasteiger partial charge in [0.15, 0.2) is 0 Å². The van der Waals surface area contributed by atoms with Gasteiger partial charge in [-0.1, -0.05) is 309 Å². The Kier molecular flexibility index (Phi) is 59.0. The van der Waals surface area contributed by atoms with E-state index in [1.54, 1.807) is 0 Å². The van der Waals surface area contributed by atoms with Crippen molar-refractivity contribution in [3.8, 4) is 0 Å². The van der Waals surface area contributed by atoms with Gasteiger partial charge in [-0.15, -0.1) is 0 Å². The molecule has 0 radical (unpaired) electrons. The van der Waals surface area contributed by atoms with Crippen LogP contribution in [0.15, 0.2) is 12.2 Å². The Hall–Kier alpha value is -1.40. The Morgan fingerprint density at radius 3 is 1.01 bits per heavy atom. The van der Waals surface area contributed by atoms with Gasteiger partial charge in [0.1, 0.15) is 0 Å². The number of hydrogen-bond donors (Lipinski definition) is 3. The number of amides is 1. The quantitative estimate of drug-likeness (QED) is 0.0321. The van der Waals surface area contributed by atoms with Crippen LogP contribution in [0.4, 0.5) is 0 Å². The van der Waals surface area contributed by atoms with Gasteiger partial charge in [-0.3, -0.25) is 9.59 Å². The summed E-state index contributed by atoms with van der Waals surface area (Å²) in [5.74, 6) is -0.0178. The SMILES string of the molecule is CCCCCCCC/C=C\CCCCCCCCCC(=O)OCCCCCCCCCCCCCCCCCCCCCCCCCCCCCC(=O)NC(CO)C(O)CCCCCCCCCCC. The summed E-state index contributed by atoms with van der Waals surface area (Å²) in [7, 11) is 0. The summed E-state index contributed by atoms with van der Waals surface area (Å²) in [6.45, 7) is 4.95. The zero-order valence-electron chi connectivity index (χ0n) is 47.5. The molecule has 0 fully saturated rings. The highest BCUT2D eigenvalue weighted by atomic mass is 16.5. The van der Waals surface area contributed by atoms with Crippen molar-refractivity contribution < 1.29 is 24.5 Å². The number of aliphatic hydroxyl groups is 2. The summed E-state index contributed by atoms with van der Waals surface area (Å²) in [5.41, 5.74) is 0. The van der Waals surface area contributed by atoms with E-state index in [9.17, 15) is 19.8 Å². The second-order valence-corrected chi connectivity index (χ2v) is 22.1. The number of esters is 1. The molecule has 70 heavy (non-hydrogen) atoms. The molecular weight excluding hydrogens is 863 g/mol. The molecule has 6 heteroatoms. The van der Waals surface area contributed by atoms with Crippen molar-refractivity contribution in [2.45, 2.75) is 373 Å². The maximum atomic E-state index is 12.4. The fourth-order valence-electron chi connectivity index (χ4n) is 10.2. The normalized spacial score (nSPS) is 12.6. The third-order valence-electron chi connectivity index (χ3n) is 15.1. The van der Waals surface area contributed by atoms with Crippen molar-refractivity contribution in [1.82, 2.24) is 5.32 Å². The van der Waals surface area contributed by atoms with E-state index in [0.717, 1.165) is 44.9 Å². The molecule has 0 saturated heterocycles. The Labute approximate surface area is 438 Å². The summed E-state index contributed by atoms with van der Waals surface area (Å²) in [4.78, 5) is 24.5. The van der Waals surface area contributed by atoms with Gasteiger partial charge in [0.2, 0.25) is 5.91 Å². The van der Waals surface area contributed by atoms with E-state index >= 15 is 0 Å². The third-order valence-corrected chi connectivity index (χ3v) is 15.1. The van der Waals surface area contributed by atoms with E-state index in [0.29, 0.717) is 25.9 Å². The van der Waals surface area contributed by atoms with Crippen molar-refractivity contribution in [3.05, 3.63) is 12.2 Å². The van der Waals surface area contributed by atoms with Crippen LogP contribution >= 0.6 is 0 Å². The first kappa shape index (κ1) is 68.6. The molecule has 3 N–H and O–H groups in total. The van der Waals surface area contributed by atoms with E-state index in [2.05, 4.69) is 31.3 Å². The van der Waals surface area contributed by atoms with E-state index < -0.39 is 12.1 Å². The molecule has 2 atom stereocenters. The van der Waals surface area contributed by atoms with Crippen molar-refractivity contribution in [2.75, 3.05) is 13.2 Å². The lowest BCUT2D eigenvalue weighted by Gasteiger charge is -2.22. The van der Waals surface area contributed by atoms with E-state index in [1.165, 1.54) is 283 Å². The first-order chi connectivity index (χ1) is 34.5. The molecule has 0 aliphatic heterocycles. The first-order valence-corrected chi connectivity index (χ1v) is 31.9. The number of allylic oxidation sites excluding steroid dienone is 2. The molecule has 0 spiro atoms. The van der Waals surface area contributed by atoms with Gasteiger partial charge in [-0.25, -0.2) is 0 Å². The van der Waals surface area contributed by atoms with Crippen molar-refractivity contribution in [1.29, 1.82) is 0 Å². The molecule has 0 aliphatic rings. The van der Waals surface area contributed by atoms with Crippen LogP contribution in [0.25, 0.3) is 0 Å². The number of nitrogens with one attached hydrogen (secondary N) is 1. The number of rotatable bonds is 60. The van der Waals surface area contributed by atoms with Gasteiger partial charge >= 0.3 is 5.97 Å². The maximum absolute atomic E-state index is 12.4. The minimum Gasteiger partial charge on any atom is -0.466 e. The summed E-state index contributed by atoms with van der Waals surface area (Å²) in [6, 6.07) is -0.536. The monoisotopic (exact) mass is 988 g/mol. The molecule has 0 aliphatic carbocycles. The molecule has 0 aromatic carbocycles. The zero-order chi connectivity index (χ0) is 50.7. The average Bonchev–Trinajstić information content (AvgIpc) is 3.36. The first-order valence-electron chi connectivity index (χ1n) is 31.9. The molecule has 416 valence electrons. The van der Waals surface area contributed by atoms with Crippen LogP contribution in [-0.2, 0) is 14.3 Å². The van der Waals surface area contributed by atoms with E-state index in [-0.39, 0.29) is 18.5 Å². The summed E-state index contributed by atoms with van der Waals surface area (Å²) in [5, 5.41) is 23.1. The summed E-state index contributed by atoms with van der Waals surface area (Å²) in [6.07, 6.45) is 72.5. The van der Waals surface area contributed by atoms with Gasteiger partial charge in [0, 0.05) is 12.8 Å². The second-order valence-electron chi connectivity index (χ2n) is 22.1. The predicted octanol–water partition coefficient (Wildman–Crippen LogP) is 20.0. The number of unbranched alkanes of at least 4 members (excludes halogenated alkanes) is 47. The highest BCUT2D eigenvalue weighted by Crippen LogP contribution is 2.18. The Bertz CT molecular complexity index is 1050. The van der Waals surface area contributed by atoms with Crippen LogP contribution in [0.3, 0.4) is 0 Å². The molecule has 0 rings (SSSR count). The molecule has 0 bridgehead atoms. The minimum absolute atomic E-state index is 0.0153. The summed E-state index contributed by atoms with van der Waals surface area (Å²) >= 11 is 0. The Morgan fingerprint density at radius 2 is 0.671 bits per heavy atom. The number of hydrogen-bond acceptors (Lipinski definition) is 5.